The Kier molecular flexibility index (Phi) is 8.29. The minimum Gasteiger partial charge on any atom is -0.490 e. The van der Waals surface area contributed by atoms with E-state index in [0.717, 1.165) is 17.1 Å². The van der Waals surface area contributed by atoms with Crippen LogP contribution in [0.1, 0.15) is 26.7 Å². The molecule has 0 unspecified atom stereocenters. The van der Waals surface area contributed by atoms with Gasteiger partial charge in [0.2, 0.25) is 5.91 Å². The number of amides is 3. The topological polar surface area (TPSA) is 70.7 Å². The Hall–Kier alpha value is -2.09. The summed E-state index contributed by atoms with van der Waals surface area (Å²) < 4.78 is 6.72. The third kappa shape index (κ3) is 6.22. The maximum Gasteiger partial charge on any atom is 0.336 e. The molecule has 0 radical (unpaired) electrons. The molecule has 0 spiro atoms. The normalized spacial score (nSPS) is 10.3. The smallest absolute Gasteiger partial charge is 0.336 e. The zero-order valence-corrected chi connectivity index (χ0v) is 17.9. The minimum absolute atomic E-state index is 0.177. The Labute approximate surface area is 179 Å². The maximum absolute atomic E-state index is 12.4. The molecule has 3 amide bonds. The van der Waals surface area contributed by atoms with Crippen LogP contribution in [0.15, 0.2) is 36.4 Å². The first-order chi connectivity index (χ1) is 13.3. The molecule has 0 bridgehead atoms. The molecule has 2 N–H and O–H groups in total. The van der Waals surface area contributed by atoms with Gasteiger partial charge in [0.15, 0.2) is 5.75 Å². The Bertz CT molecular complexity index is 824. The van der Waals surface area contributed by atoms with Crippen molar-refractivity contribution in [3.05, 3.63) is 46.4 Å². The number of thiol groups is 1. The van der Waals surface area contributed by atoms with E-state index in [1.165, 1.54) is 6.92 Å². The van der Waals surface area contributed by atoms with Gasteiger partial charge in [0.1, 0.15) is 0 Å². The van der Waals surface area contributed by atoms with Crippen molar-refractivity contribution in [3.63, 3.8) is 0 Å². The van der Waals surface area contributed by atoms with Crippen LogP contribution >= 0.6 is 36.0 Å². The first-order valence-corrected chi connectivity index (χ1v) is 9.77. The number of carbonyl (C=O) groups excluding carboxylic acids is 2. The van der Waals surface area contributed by atoms with Gasteiger partial charge in [-0.15, -0.1) is 0 Å². The second kappa shape index (κ2) is 10.5. The van der Waals surface area contributed by atoms with Crippen LogP contribution < -0.4 is 19.7 Å². The van der Waals surface area contributed by atoms with Crippen LogP contribution in [0.5, 0.6) is 5.75 Å². The molecule has 28 heavy (non-hydrogen) atoms. The number of halogens is 2. The zero-order chi connectivity index (χ0) is 20.7. The van der Waals surface area contributed by atoms with Crippen molar-refractivity contribution in [2.24, 2.45) is 0 Å². The van der Waals surface area contributed by atoms with Crippen molar-refractivity contribution in [2.75, 3.05) is 21.5 Å². The second-order valence-electron chi connectivity index (χ2n) is 5.94. The average molecular weight is 442 g/mol. The van der Waals surface area contributed by atoms with E-state index in [2.05, 4.69) is 30.4 Å². The Morgan fingerprint density at radius 2 is 1.68 bits per heavy atom. The lowest BCUT2D eigenvalue weighted by atomic mass is 10.2. The summed E-state index contributed by atoms with van der Waals surface area (Å²) in [4.78, 5) is 23.5. The second-order valence-corrected chi connectivity index (χ2v) is 7.16. The Morgan fingerprint density at radius 1 is 1.07 bits per heavy atom. The first-order valence-electron chi connectivity index (χ1n) is 8.61. The lowest BCUT2D eigenvalue weighted by Gasteiger charge is -2.18. The fourth-order valence-electron chi connectivity index (χ4n) is 2.27. The molecule has 2 aromatic rings. The first kappa shape index (κ1) is 22.2. The van der Waals surface area contributed by atoms with Gasteiger partial charge in [-0.1, -0.05) is 49.4 Å². The van der Waals surface area contributed by atoms with E-state index in [0.29, 0.717) is 39.5 Å². The third-order valence-electron chi connectivity index (χ3n) is 3.62. The maximum atomic E-state index is 12.4. The number of ether oxygens (including phenoxy) is 1. The monoisotopic (exact) mass is 441 g/mol. The van der Waals surface area contributed by atoms with Crippen LogP contribution in [0.4, 0.5) is 21.9 Å². The number of carbonyl (C=O) groups is 2. The van der Waals surface area contributed by atoms with Crippen LogP contribution in [0.2, 0.25) is 10.0 Å². The highest BCUT2D eigenvalue weighted by molar-refractivity contribution is 7.82. The summed E-state index contributed by atoms with van der Waals surface area (Å²) in [5.74, 6) is 0.218. The quantitative estimate of drug-likeness (QED) is 0.363. The number of rotatable bonds is 7. The highest BCUT2D eigenvalue weighted by Gasteiger charge is 2.15. The SMILES string of the molecule is CCCCOc1c(Cl)cc(NC(=O)N(S)c2ccc(NC(C)=O)cc2)cc1Cl. The lowest BCUT2D eigenvalue weighted by Crippen LogP contribution is -2.26. The molecule has 0 aromatic heterocycles. The summed E-state index contributed by atoms with van der Waals surface area (Å²) in [5.41, 5.74) is 1.55. The number of hydrogen-bond donors (Lipinski definition) is 3. The summed E-state index contributed by atoms with van der Waals surface area (Å²) >= 11 is 16.7. The van der Waals surface area contributed by atoms with Crippen LogP contribution in [0.25, 0.3) is 0 Å². The van der Waals surface area contributed by atoms with Gasteiger partial charge in [-0.3, -0.25) is 4.79 Å². The van der Waals surface area contributed by atoms with Crippen molar-refractivity contribution in [1.82, 2.24) is 0 Å². The van der Waals surface area contributed by atoms with Crippen molar-refractivity contribution in [1.29, 1.82) is 0 Å². The molecular formula is C19H21Cl2N3O3S. The van der Waals surface area contributed by atoms with E-state index in [1.807, 2.05) is 0 Å². The molecule has 9 heteroatoms. The molecule has 0 aliphatic heterocycles. The molecule has 0 aliphatic carbocycles. The van der Waals surface area contributed by atoms with Crippen LogP contribution in [-0.2, 0) is 4.79 Å². The molecule has 0 fully saturated rings. The van der Waals surface area contributed by atoms with E-state index in [1.54, 1.807) is 36.4 Å². The van der Waals surface area contributed by atoms with Gasteiger partial charge in [-0.2, -0.15) is 0 Å². The molecule has 0 saturated carbocycles. The van der Waals surface area contributed by atoms with E-state index in [-0.39, 0.29) is 5.91 Å². The van der Waals surface area contributed by atoms with E-state index < -0.39 is 6.03 Å². The molecule has 0 atom stereocenters. The molecule has 0 saturated heterocycles. The van der Waals surface area contributed by atoms with Crippen molar-refractivity contribution >= 4 is 65.0 Å². The summed E-state index contributed by atoms with van der Waals surface area (Å²) in [6.45, 7) is 3.99. The van der Waals surface area contributed by atoms with Gasteiger partial charge < -0.3 is 15.4 Å². The van der Waals surface area contributed by atoms with Crippen molar-refractivity contribution < 1.29 is 14.3 Å². The lowest BCUT2D eigenvalue weighted by molar-refractivity contribution is -0.114. The molecule has 6 nitrogen and oxygen atoms in total. The fraction of sp³-hybridized carbons (Fsp3) is 0.263. The highest BCUT2D eigenvalue weighted by Crippen LogP contribution is 2.36. The number of urea groups is 1. The fourth-order valence-corrected chi connectivity index (χ4v) is 3.05. The van der Waals surface area contributed by atoms with E-state index >= 15 is 0 Å². The standard InChI is InChI=1S/C19H21Cl2N3O3S/c1-3-4-9-27-18-16(20)10-14(11-17(18)21)23-19(26)24(28)15-7-5-13(6-8-15)22-12(2)25/h5-8,10-11,28H,3-4,9H2,1-2H3,(H,22,25)(H,23,26). The van der Waals surface area contributed by atoms with E-state index in [4.69, 9.17) is 27.9 Å². The van der Waals surface area contributed by atoms with Crippen molar-refractivity contribution in [3.8, 4) is 5.75 Å². The summed E-state index contributed by atoms with van der Waals surface area (Å²) in [5, 5.41) is 5.95. The minimum atomic E-state index is -0.498. The number of nitrogens with zero attached hydrogens (tertiary/aromatic N) is 1. The van der Waals surface area contributed by atoms with Gasteiger partial charge in [0.25, 0.3) is 0 Å². The molecule has 2 aromatic carbocycles. The molecule has 2 rings (SSSR count). The highest BCUT2D eigenvalue weighted by atomic mass is 35.5. The Balaban J connectivity index is 2.06. The summed E-state index contributed by atoms with van der Waals surface area (Å²) in [6, 6.07) is 9.28. The van der Waals surface area contributed by atoms with Crippen LogP contribution in [0.3, 0.4) is 0 Å². The number of hydrogen-bond acceptors (Lipinski definition) is 4. The summed E-state index contributed by atoms with van der Waals surface area (Å²) in [7, 11) is 0. The number of benzene rings is 2. The molecule has 150 valence electrons. The number of nitrogens with one attached hydrogen (secondary N) is 2. The molecule has 0 aliphatic rings. The molecule has 0 heterocycles. The van der Waals surface area contributed by atoms with Gasteiger partial charge in [-0.05, 0) is 42.8 Å². The Morgan fingerprint density at radius 3 is 2.21 bits per heavy atom. The third-order valence-corrected chi connectivity index (χ3v) is 4.59. The predicted octanol–water partition coefficient (Wildman–Crippen LogP) is 6.01. The van der Waals surface area contributed by atoms with Gasteiger partial charge in [-0.25, -0.2) is 9.10 Å². The van der Waals surface area contributed by atoms with Crippen LogP contribution in [0, 0.1) is 0 Å². The summed E-state index contributed by atoms with van der Waals surface area (Å²) in [6.07, 6.45) is 1.88. The van der Waals surface area contributed by atoms with E-state index in [9.17, 15) is 9.59 Å². The largest absolute Gasteiger partial charge is 0.490 e. The van der Waals surface area contributed by atoms with Gasteiger partial charge in [0, 0.05) is 18.3 Å². The van der Waals surface area contributed by atoms with Crippen molar-refractivity contribution in [2.45, 2.75) is 26.7 Å². The predicted molar refractivity (Wildman–Crippen MR) is 118 cm³/mol. The van der Waals surface area contributed by atoms with Crippen LogP contribution in [-0.4, -0.2) is 18.5 Å². The number of anilines is 3. The van der Waals surface area contributed by atoms with Gasteiger partial charge in [0.05, 0.1) is 22.3 Å². The van der Waals surface area contributed by atoms with Gasteiger partial charge >= 0.3 is 6.03 Å². The average Bonchev–Trinajstić information content (AvgIpc) is 2.63. The zero-order valence-electron chi connectivity index (χ0n) is 15.5. The molecular weight excluding hydrogens is 421 g/mol. The number of unbranched alkanes of at least 4 members (excludes halogenated alkanes) is 1.